The number of hydrogen-bond donors (Lipinski definition) is 1. The van der Waals surface area contributed by atoms with Gasteiger partial charge in [0.05, 0.1) is 25.4 Å². The van der Waals surface area contributed by atoms with Crippen LogP contribution in [-0.2, 0) is 11.3 Å². The molecule has 46 heavy (non-hydrogen) atoms. The number of halogens is 1. The van der Waals surface area contributed by atoms with E-state index in [9.17, 15) is 9.59 Å². The quantitative estimate of drug-likeness (QED) is 0.363. The number of carbonyl (C=O) groups excluding carboxylic acids is 2. The van der Waals surface area contributed by atoms with Crippen LogP contribution in [0.15, 0.2) is 42.6 Å². The first-order valence-corrected chi connectivity index (χ1v) is 16.1. The predicted molar refractivity (Wildman–Crippen MR) is 178 cm³/mol. The molecule has 4 heterocycles. The Balaban J connectivity index is 1.33. The summed E-state index contributed by atoms with van der Waals surface area (Å²) in [5.74, 6) is 1.08. The number of piperazine rings is 1. The third-order valence-electron chi connectivity index (χ3n) is 9.21. The Bertz CT molecular complexity index is 1610. The summed E-state index contributed by atoms with van der Waals surface area (Å²) in [6, 6.07) is 9.97. The molecule has 0 aliphatic carbocycles. The Kier molecular flexibility index (Phi) is 8.99. The molecular weight excluding hydrogens is 587 g/mol. The highest BCUT2D eigenvalue weighted by atomic mass is 19.1. The number of amides is 3. The number of aromatic nitrogens is 2. The standard InChI is InChI=1S/C34H43FN8O3/c1-6-31(44)41-12-11-25(21-41)43-32-23(20-42(34(43)45)30-18-26(46-5)8-9-28(30)35)19-36-33(38-32)37-24-7-10-29(27(17-24)22(2)3)40-15-13-39(4)14-16-40/h7-10,17-19,22,25H,6,11-16,20-21H2,1-5H3,(H,36,37,38)/t25-/m0/s1. The summed E-state index contributed by atoms with van der Waals surface area (Å²) in [5, 5.41) is 3.37. The molecule has 0 radical (unpaired) electrons. The number of benzene rings is 2. The van der Waals surface area contributed by atoms with Gasteiger partial charge in [0, 0.05) is 74.9 Å². The second-order valence-electron chi connectivity index (χ2n) is 12.6. The third-order valence-corrected chi connectivity index (χ3v) is 9.21. The molecule has 1 atom stereocenters. The van der Waals surface area contributed by atoms with Crippen molar-refractivity contribution >= 4 is 40.8 Å². The molecule has 0 saturated carbocycles. The van der Waals surface area contributed by atoms with Gasteiger partial charge in [-0.05, 0) is 55.3 Å². The van der Waals surface area contributed by atoms with Crippen LogP contribution in [0.5, 0.6) is 5.75 Å². The number of urea groups is 1. The van der Waals surface area contributed by atoms with Crippen molar-refractivity contribution < 1.29 is 18.7 Å². The van der Waals surface area contributed by atoms with Crippen molar-refractivity contribution in [2.45, 2.75) is 52.1 Å². The third kappa shape index (κ3) is 6.18. The summed E-state index contributed by atoms with van der Waals surface area (Å²) in [4.78, 5) is 45.9. The van der Waals surface area contributed by atoms with E-state index in [1.54, 1.807) is 16.0 Å². The van der Waals surface area contributed by atoms with Gasteiger partial charge in [0.15, 0.2) is 0 Å². The molecule has 1 aromatic heterocycles. The predicted octanol–water partition coefficient (Wildman–Crippen LogP) is 5.20. The molecule has 3 aromatic rings. The first-order chi connectivity index (χ1) is 22.2. The van der Waals surface area contributed by atoms with Gasteiger partial charge in [0.2, 0.25) is 11.9 Å². The zero-order chi connectivity index (χ0) is 32.5. The molecule has 2 fully saturated rings. The second-order valence-corrected chi connectivity index (χ2v) is 12.6. The summed E-state index contributed by atoms with van der Waals surface area (Å²) in [6.07, 6.45) is 2.67. The van der Waals surface area contributed by atoms with Gasteiger partial charge in [0.25, 0.3) is 0 Å². The number of methoxy groups -OCH3 is 1. The number of nitrogens with zero attached hydrogens (tertiary/aromatic N) is 7. The number of rotatable bonds is 8. The van der Waals surface area contributed by atoms with Gasteiger partial charge in [-0.15, -0.1) is 0 Å². The van der Waals surface area contributed by atoms with E-state index >= 15 is 4.39 Å². The lowest BCUT2D eigenvalue weighted by molar-refractivity contribution is -0.129. The summed E-state index contributed by atoms with van der Waals surface area (Å²) < 4.78 is 20.5. The maximum atomic E-state index is 15.2. The van der Waals surface area contributed by atoms with E-state index in [0.717, 1.165) is 31.9 Å². The van der Waals surface area contributed by atoms with Gasteiger partial charge in [-0.1, -0.05) is 20.8 Å². The highest BCUT2D eigenvalue weighted by molar-refractivity contribution is 6.06. The molecule has 11 nitrogen and oxygen atoms in total. The Labute approximate surface area is 269 Å². The van der Waals surface area contributed by atoms with Crippen molar-refractivity contribution in [1.29, 1.82) is 0 Å². The fourth-order valence-electron chi connectivity index (χ4n) is 6.54. The van der Waals surface area contributed by atoms with Crippen LogP contribution in [0.25, 0.3) is 0 Å². The number of likely N-dealkylation sites (N-methyl/N-ethyl adjacent to an activating group) is 1. The molecule has 3 amide bonds. The molecule has 2 saturated heterocycles. The van der Waals surface area contributed by atoms with Crippen LogP contribution >= 0.6 is 0 Å². The molecule has 0 spiro atoms. The maximum Gasteiger partial charge on any atom is 0.330 e. The minimum Gasteiger partial charge on any atom is -0.497 e. The zero-order valence-electron chi connectivity index (χ0n) is 27.3. The van der Waals surface area contributed by atoms with Gasteiger partial charge < -0.3 is 24.8 Å². The van der Waals surface area contributed by atoms with E-state index in [0.29, 0.717) is 54.9 Å². The number of nitrogens with one attached hydrogen (secondary N) is 1. The van der Waals surface area contributed by atoms with E-state index in [-0.39, 0.29) is 24.2 Å². The van der Waals surface area contributed by atoms with E-state index in [4.69, 9.17) is 9.72 Å². The largest absolute Gasteiger partial charge is 0.497 e. The Morgan fingerprint density at radius 3 is 2.59 bits per heavy atom. The minimum absolute atomic E-state index is 0.0360. The molecule has 0 bridgehead atoms. The van der Waals surface area contributed by atoms with Crippen molar-refractivity contribution in [2.75, 3.05) is 73.4 Å². The van der Waals surface area contributed by atoms with Crippen LogP contribution in [0.3, 0.4) is 0 Å². The van der Waals surface area contributed by atoms with Crippen LogP contribution < -0.4 is 24.8 Å². The lowest BCUT2D eigenvalue weighted by atomic mass is 9.99. The van der Waals surface area contributed by atoms with E-state index in [1.165, 1.54) is 41.5 Å². The van der Waals surface area contributed by atoms with Crippen LogP contribution in [0.1, 0.15) is 50.7 Å². The highest BCUT2D eigenvalue weighted by Crippen LogP contribution is 2.37. The van der Waals surface area contributed by atoms with Crippen LogP contribution in [0.2, 0.25) is 0 Å². The Morgan fingerprint density at radius 1 is 1.09 bits per heavy atom. The molecule has 2 aromatic carbocycles. The fourth-order valence-corrected chi connectivity index (χ4v) is 6.54. The van der Waals surface area contributed by atoms with Crippen molar-refractivity contribution in [3.05, 3.63) is 59.5 Å². The van der Waals surface area contributed by atoms with E-state index in [1.807, 2.05) is 13.0 Å². The number of fused-ring (bicyclic) bond motifs is 1. The molecule has 6 rings (SSSR count). The topological polar surface area (TPSA) is 97.4 Å². The van der Waals surface area contributed by atoms with Crippen LogP contribution in [0.4, 0.5) is 38.0 Å². The number of hydrogen-bond acceptors (Lipinski definition) is 8. The lowest BCUT2D eigenvalue weighted by Crippen LogP contribution is -2.53. The SMILES string of the molecule is CCC(=O)N1CC[C@H](N2C(=O)N(c3cc(OC)ccc3F)Cc3cnc(Nc4ccc(N5CCN(C)CC5)c(C(C)C)c4)nc32)C1. The Hall–Kier alpha value is -4.45. The molecule has 0 unspecified atom stereocenters. The monoisotopic (exact) mass is 630 g/mol. The number of ether oxygens (including phenoxy) is 1. The van der Waals surface area contributed by atoms with Crippen molar-refractivity contribution in [2.24, 2.45) is 0 Å². The van der Waals surface area contributed by atoms with Crippen LogP contribution in [0, 0.1) is 5.82 Å². The lowest BCUT2D eigenvalue weighted by Gasteiger charge is -2.39. The average Bonchev–Trinajstić information content (AvgIpc) is 3.55. The first-order valence-electron chi connectivity index (χ1n) is 16.1. The van der Waals surface area contributed by atoms with Gasteiger partial charge in [-0.2, -0.15) is 4.98 Å². The summed E-state index contributed by atoms with van der Waals surface area (Å²) in [5.41, 5.74) is 4.14. The van der Waals surface area contributed by atoms with E-state index < -0.39 is 11.8 Å². The molecule has 12 heteroatoms. The second kappa shape index (κ2) is 13.1. The number of carbonyl (C=O) groups is 2. The summed E-state index contributed by atoms with van der Waals surface area (Å²) in [7, 11) is 3.66. The maximum absolute atomic E-state index is 15.2. The summed E-state index contributed by atoms with van der Waals surface area (Å²) in [6.45, 7) is 11.3. The number of anilines is 5. The normalized spacial score (nSPS) is 18.8. The van der Waals surface area contributed by atoms with Gasteiger partial charge in [-0.25, -0.2) is 14.2 Å². The summed E-state index contributed by atoms with van der Waals surface area (Å²) >= 11 is 0. The highest BCUT2D eigenvalue weighted by Gasteiger charge is 2.41. The van der Waals surface area contributed by atoms with Crippen LogP contribution in [-0.4, -0.2) is 91.2 Å². The Morgan fingerprint density at radius 2 is 1.87 bits per heavy atom. The smallest absolute Gasteiger partial charge is 0.330 e. The van der Waals surface area contributed by atoms with Gasteiger partial charge >= 0.3 is 6.03 Å². The molecular formula is C34H43FN8O3. The first kappa shape index (κ1) is 31.5. The fraction of sp³-hybridized carbons (Fsp3) is 0.471. The van der Waals surface area contributed by atoms with Crippen molar-refractivity contribution in [3.8, 4) is 5.75 Å². The average molecular weight is 631 g/mol. The van der Waals surface area contributed by atoms with Crippen molar-refractivity contribution in [3.63, 3.8) is 0 Å². The molecule has 3 aliphatic heterocycles. The number of likely N-dealkylation sites (tertiary alicyclic amines) is 1. The zero-order valence-corrected chi connectivity index (χ0v) is 27.3. The van der Waals surface area contributed by atoms with Gasteiger partial charge in [0.1, 0.15) is 17.4 Å². The minimum atomic E-state index is -0.535. The van der Waals surface area contributed by atoms with Gasteiger partial charge in [-0.3, -0.25) is 14.6 Å². The molecule has 244 valence electrons. The molecule has 3 aliphatic rings. The van der Waals surface area contributed by atoms with Crippen molar-refractivity contribution in [1.82, 2.24) is 19.8 Å². The van der Waals surface area contributed by atoms with E-state index in [2.05, 4.69) is 53.1 Å². The molecule has 1 N–H and O–H groups in total.